The highest BCUT2D eigenvalue weighted by molar-refractivity contribution is 4.86. The van der Waals surface area contributed by atoms with Crippen LogP contribution in [-0.4, -0.2) is 36.6 Å². The molecule has 0 amide bonds. The van der Waals surface area contributed by atoms with Gasteiger partial charge in [0.15, 0.2) is 0 Å². The van der Waals surface area contributed by atoms with Gasteiger partial charge in [-0.25, -0.2) is 0 Å². The lowest BCUT2D eigenvalue weighted by Crippen LogP contribution is -2.44. The molecule has 1 heterocycles. The zero-order valence-corrected chi connectivity index (χ0v) is 9.84. The van der Waals surface area contributed by atoms with E-state index in [9.17, 15) is 0 Å². The van der Waals surface area contributed by atoms with Crippen molar-refractivity contribution < 1.29 is 0 Å². The predicted octanol–water partition coefficient (Wildman–Crippen LogP) is 1.88. The smallest absolute Gasteiger partial charge is 0.0165 e. The molecule has 2 heteroatoms. The Morgan fingerprint density at radius 2 is 2.21 bits per heavy atom. The maximum atomic E-state index is 3.83. The Labute approximate surface area is 88.4 Å². The molecular weight excluding hydrogens is 172 g/mol. The van der Waals surface area contributed by atoms with E-state index in [1.165, 1.54) is 26.1 Å². The molecule has 1 atom stereocenters. The van der Waals surface area contributed by atoms with Gasteiger partial charge in [-0.1, -0.05) is 6.08 Å². The zero-order chi connectivity index (χ0) is 10.6. The number of nitrogens with zero attached hydrogens (tertiary/aromatic N) is 1. The van der Waals surface area contributed by atoms with Gasteiger partial charge in [-0.05, 0) is 46.2 Å². The van der Waals surface area contributed by atoms with Crippen molar-refractivity contribution in [3.8, 4) is 0 Å². The molecule has 0 spiro atoms. The Bertz CT molecular complexity index is 175. The molecule has 14 heavy (non-hydrogen) atoms. The first-order valence-electron chi connectivity index (χ1n) is 5.60. The zero-order valence-electron chi connectivity index (χ0n) is 9.84. The predicted molar refractivity (Wildman–Crippen MR) is 62.5 cm³/mol. The summed E-state index contributed by atoms with van der Waals surface area (Å²) in [6.07, 6.45) is 3.33. The third-order valence-electron chi connectivity index (χ3n) is 2.94. The topological polar surface area (TPSA) is 15.3 Å². The summed E-state index contributed by atoms with van der Waals surface area (Å²) in [5, 5.41) is 3.42. The summed E-state index contributed by atoms with van der Waals surface area (Å²) in [4.78, 5) is 2.51. The summed E-state index contributed by atoms with van der Waals surface area (Å²) in [5.74, 6) is 0.828. The molecule has 0 saturated carbocycles. The molecule has 2 nitrogen and oxygen atoms in total. The second kappa shape index (κ2) is 4.94. The molecule has 82 valence electrons. The van der Waals surface area contributed by atoms with Crippen LogP contribution in [-0.2, 0) is 0 Å². The van der Waals surface area contributed by atoms with Crippen molar-refractivity contribution in [3.05, 3.63) is 12.7 Å². The van der Waals surface area contributed by atoms with E-state index in [-0.39, 0.29) is 5.54 Å². The second-order valence-electron chi connectivity index (χ2n) is 5.22. The summed E-state index contributed by atoms with van der Waals surface area (Å²) in [7, 11) is 0. The molecule has 0 aliphatic carbocycles. The summed E-state index contributed by atoms with van der Waals surface area (Å²) < 4.78 is 0. The van der Waals surface area contributed by atoms with Gasteiger partial charge in [0.2, 0.25) is 0 Å². The van der Waals surface area contributed by atoms with Crippen LogP contribution in [0.4, 0.5) is 0 Å². The second-order valence-corrected chi connectivity index (χ2v) is 5.22. The fourth-order valence-electron chi connectivity index (χ4n) is 1.96. The Balaban J connectivity index is 2.45. The standard InChI is InChI=1S/C12H24N2/c1-5-8-14(12(2,3)4)10-11-6-7-13-9-11/h5,11,13H,1,6-10H2,2-4H3. The van der Waals surface area contributed by atoms with Crippen molar-refractivity contribution in [1.82, 2.24) is 10.2 Å². The molecule has 1 aliphatic heterocycles. The van der Waals surface area contributed by atoms with Gasteiger partial charge in [-0.2, -0.15) is 0 Å². The molecule has 1 aliphatic rings. The average Bonchev–Trinajstić information content (AvgIpc) is 2.54. The van der Waals surface area contributed by atoms with Crippen molar-refractivity contribution in [1.29, 1.82) is 0 Å². The van der Waals surface area contributed by atoms with Crippen LogP contribution in [0.25, 0.3) is 0 Å². The highest BCUT2D eigenvalue weighted by atomic mass is 15.2. The Morgan fingerprint density at radius 1 is 1.50 bits per heavy atom. The Hall–Kier alpha value is -0.340. The summed E-state index contributed by atoms with van der Waals surface area (Å²) in [5.41, 5.74) is 0.261. The summed E-state index contributed by atoms with van der Waals surface area (Å²) >= 11 is 0. The molecule has 1 N–H and O–H groups in total. The van der Waals surface area contributed by atoms with E-state index in [2.05, 4.69) is 37.6 Å². The largest absolute Gasteiger partial charge is 0.316 e. The maximum absolute atomic E-state index is 3.83. The average molecular weight is 196 g/mol. The summed E-state index contributed by atoms with van der Waals surface area (Å²) in [6, 6.07) is 0. The SMILES string of the molecule is C=CCN(CC1CCNC1)C(C)(C)C. The van der Waals surface area contributed by atoms with E-state index in [4.69, 9.17) is 0 Å². The first-order valence-corrected chi connectivity index (χ1v) is 5.60. The van der Waals surface area contributed by atoms with Crippen LogP contribution in [0.3, 0.4) is 0 Å². The number of rotatable bonds is 4. The normalized spacial score (nSPS) is 23.0. The highest BCUT2D eigenvalue weighted by Crippen LogP contribution is 2.18. The van der Waals surface area contributed by atoms with Gasteiger partial charge < -0.3 is 5.32 Å². The van der Waals surface area contributed by atoms with E-state index in [0.717, 1.165) is 12.5 Å². The lowest BCUT2D eigenvalue weighted by Gasteiger charge is -2.36. The van der Waals surface area contributed by atoms with Crippen LogP contribution in [0.5, 0.6) is 0 Å². The molecule has 1 unspecified atom stereocenters. The quantitative estimate of drug-likeness (QED) is 0.691. The molecule has 1 saturated heterocycles. The van der Waals surface area contributed by atoms with Crippen molar-refractivity contribution in [2.24, 2.45) is 5.92 Å². The van der Waals surface area contributed by atoms with Crippen molar-refractivity contribution >= 4 is 0 Å². The molecule has 0 aromatic rings. The fourth-order valence-corrected chi connectivity index (χ4v) is 1.96. The van der Waals surface area contributed by atoms with Gasteiger partial charge in [0, 0.05) is 18.6 Å². The molecule has 0 aromatic heterocycles. The third-order valence-corrected chi connectivity index (χ3v) is 2.94. The van der Waals surface area contributed by atoms with Gasteiger partial charge in [0.05, 0.1) is 0 Å². The van der Waals surface area contributed by atoms with Gasteiger partial charge >= 0.3 is 0 Å². The molecular formula is C12H24N2. The van der Waals surface area contributed by atoms with E-state index in [1.54, 1.807) is 0 Å². The molecule has 1 fully saturated rings. The van der Waals surface area contributed by atoms with Crippen molar-refractivity contribution in [3.63, 3.8) is 0 Å². The van der Waals surface area contributed by atoms with Crippen molar-refractivity contribution in [2.75, 3.05) is 26.2 Å². The summed E-state index contributed by atoms with van der Waals surface area (Å²) in [6.45, 7) is 15.2. The number of nitrogens with one attached hydrogen (secondary N) is 1. The van der Waals surface area contributed by atoms with Crippen LogP contribution in [0.15, 0.2) is 12.7 Å². The maximum Gasteiger partial charge on any atom is 0.0165 e. The van der Waals surface area contributed by atoms with Crippen LogP contribution in [0.1, 0.15) is 27.2 Å². The Kier molecular flexibility index (Phi) is 4.14. The first kappa shape index (κ1) is 11.7. The van der Waals surface area contributed by atoms with Gasteiger partial charge in [0.1, 0.15) is 0 Å². The molecule has 1 rings (SSSR count). The van der Waals surface area contributed by atoms with E-state index < -0.39 is 0 Å². The van der Waals surface area contributed by atoms with Gasteiger partial charge in [0.25, 0.3) is 0 Å². The Morgan fingerprint density at radius 3 is 2.64 bits per heavy atom. The van der Waals surface area contributed by atoms with E-state index >= 15 is 0 Å². The van der Waals surface area contributed by atoms with Crippen molar-refractivity contribution in [2.45, 2.75) is 32.7 Å². The monoisotopic (exact) mass is 196 g/mol. The molecule has 0 aromatic carbocycles. The van der Waals surface area contributed by atoms with Crippen LogP contribution in [0.2, 0.25) is 0 Å². The van der Waals surface area contributed by atoms with Crippen LogP contribution < -0.4 is 5.32 Å². The fraction of sp³-hybridized carbons (Fsp3) is 0.833. The molecule has 0 bridgehead atoms. The van der Waals surface area contributed by atoms with Gasteiger partial charge in [-0.3, -0.25) is 4.90 Å². The third kappa shape index (κ3) is 3.43. The minimum Gasteiger partial charge on any atom is -0.316 e. The van der Waals surface area contributed by atoms with Gasteiger partial charge in [-0.15, -0.1) is 6.58 Å². The number of hydrogen-bond donors (Lipinski definition) is 1. The first-order chi connectivity index (χ1) is 6.54. The highest BCUT2D eigenvalue weighted by Gasteiger charge is 2.24. The molecule has 0 radical (unpaired) electrons. The van der Waals surface area contributed by atoms with E-state index in [0.29, 0.717) is 0 Å². The van der Waals surface area contributed by atoms with Crippen LogP contribution in [0, 0.1) is 5.92 Å². The minimum absolute atomic E-state index is 0.261. The minimum atomic E-state index is 0.261. The lowest BCUT2D eigenvalue weighted by atomic mass is 10.0. The number of hydrogen-bond acceptors (Lipinski definition) is 2. The van der Waals surface area contributed by atoms with E-state index in [1.807, 2.05) is 6.08 Å². The lowest BCUT2D eigenvalue weighted by molar-refractivity contribution is 0.133. The van der Waals surface area contributed by atoms with Crippen LogP contribution >= 0.6 is 0 Å².